The van der Waals surface area contributed by atoms with Crippen LogP contribution in [0.25, 0.3) is 22.2 Å². The van der Waals surface area contributed by atoms with Crippen molar-refractivity contribution in [2.75, 3.05) is 20.2 Å². The van der Waals surface area contributed by atoms with Gasteiger partial charge in [-0.05, 0) is 6.07 Å². The fraction of sp³-hybridized carbons (Fsp3) is 0.278. The summed E-state index contributed by atoms with van der Waals surface area (Å²) in [5, 5.41) is 13.5. The van der Waals surface area contributed by atoms with Gasteiger partial charge in [-0.1, -0.05) is 12.1 Å². The van der Waals surface area contributed by atoms with Gasteiger partial charge in [0, 0.05) is 18.0 Å². The number of esters is 1. The first-order valence-electron chi connectivity index (χ1n) is 8.63. The summed E-state index contributed by atoms with van der Waals surface area (Å²) in [5.41, 5.74) is 1.56. The maximum absolute atomic E-state index is 14.1. The highest BCUT2D eigenvalue weighted by atomic mass is 19.1. The number of methoxy groups -OCH3 is 1. The Labute approximate surface area is 164 Å². The molecule has 1 aromatic carbocycles. The number of nitrogens with zero attached hydrogens (tertiary/aromatic N) is 4. The molecular formula is C18H19FN6O4. The monoisotopic (exact) mass is 402 g/mol. The van der Waals surface area contributed by atoms with E-state index in [1.807, 2.05) is 0 Å². The summed E-state index contributed by atoms with van der Waals surface area (Å²) in [6.45, 7) is -0.700. The van der Waals surface area contributed by atoms with Crippen LogP contribution in [0.3, 0.4) is 0 Å². The summed E-state index contributed by atoms with van der Waals surface area (Å²) >= 11 is 0. The van der Waals surface area contributed by atoms with Crippen LogP contribution < -0.4 is 10.6 Å². The van der Waals surface area contributed by atoms with Crippen molar-refractivity contribution in [3.05, 3.63) is 36.4 Å². The quantitative estimate of drug-likeness (QED) is 0.536. The van der Waals surface area contributed by atoms with Gasteiger partial charge >= 0.3 is 5.97 Å². The van der Waals surface area contributed by atoms with E-state index in [0.29, 0.717) is 22.2 Å². The van der Waals surface area contributed by atoms with Crippen molar-refractivity contribution < 1.29 is 23.5 Å². The van der Waals surface area contributed by atoms with Gasteiger partial charge in [0.05, 0.1) is 31.6 Å². The SMILES string of the molecule is COC(=O)CNC(=O)CNC(=O)Cn1ncc2c(-c3c(F)cnn3C)cccc21. The summed E-state index contributed by atoms with van der Waals surface area (Å²) in [7, 11) is 2.85. The zero-order chi connectivity index (χ0) is 21.0. The predicted octanol–water partition coefficient (Wildman–Crippen LogP) is -0.0187. The molecule has 2 N–H and O–H groups in total. The summed E-state index contributed by atoms with van der Waals surface area (Å²) in [6, 6.07) is 5.25. The number of rotatable bonds is 7. The molecule has 29 heavy (non-hydrogen) atoms. The number of carbonyl (C=O) groups is 3. The third kappa shape index (κ3) is 4.39. The average Bonchev–Trinajstić information content (AvgIpc) is 3.27. The van der Waals surface area contributed by atoms with Gasteiger partial charge in [0.15, 0.2) is 5.82 Å². The molecule has 0 spiro atoms. The smallest absolute Gasteiger partial charge is 0.325 e. The van der Waals surface area contributed by atoms with Crippen molar-refractivity contribution in [2.45, 2.75) is 6.54 Å². The molecule has 0 aliphatic rings. The number of carbonyl (C=O) groups excluding carboxylic acids is 3. The molecular weight excluding hydrogens is 383 g/mol. The van der Waals surface area contributed by atoms with Crippen LogP contribution in [0.5, 0.6) is 0 Å². The van der Waals surface area contributed by atoms with E-state index in [4.69, 9.17) is 0 Å². The largest absolute Gasteiger partial charge is 0.468 e. The molecule has 0 bridgehead atoms. The minimum atomic E-state index is -0.589. The van der Waals surface area contributed by atoms with E-state index in [-0.39, 0.29) is 19.6 Å². The van der Waals surface area contributed by atoms with Crippen molar-refractivity contribution in [3.63, 3.8) is 0 Å². The minimum Gasteiger partial charge on any atom is -0.468 e. The Balaban J connectivity index is 1.69. The molecule has 0 atom stereocenters. The lowest BCUT2D eigenvalue weighted by Crippen LogP contribution is -2.40. The van der Waals surface area contributed by atoms with Crippen LogP contribution in [-0.2, 0) is 32.7 Å². The second kappa shape index (κ2) is 8.50. The molecule has 3 rings (SSSR count). The van der Waals surface area contributed by atoms with E-state index in [9.17, 15) is 18.8 Å². The van der Waals surface area contributed by atoms with Crippen molar-refractivity contribution in [2.24, 2.45) is 7.05 Å². The highest BCUT2D eigenvalue weighted by Gasteiger charge is 2.17. The lowest BCUT2D eigenvalue weighted by atomic mass is 10.1. The Morgan fingerprint density at radius 2 is 1.86 bits per heavy atom. The first-order valence-corrected chi connectivity index (χ1v) is 8.63. The van der Waals surface area contributed by atoms with Crippen LogP contribution in [-0.4, -0.2) is 57.5 Å². The number of hydrogen-bond donors (Lipinski definition) is 2. The van der Waals surface area contributed by atoms with Gasteiger partial charge in [0.1, 0.15) is 18.8 Å². The van der Waals surface area contributed by atoms with Crippen LogP contribution in [0.1, 0.15) is 0 Å². The van der Waals surface area contributed by atoms with Crippen molar-refractivity contribution in [3.8, 4) is 11.3 Å². The molecule has 2 amide bonds. The summed E-state index contributed by atoms with van der Waals surface area (Å²) in [5.74, 6) is -2.01. The van der Waals surface area contributed by atoms with Gasteiger partial charge in [-0.2, -0.15) is 10.2 Å². The standard InChI is InChI=1S/C18H19FN6O4/c1-24-18(13(19)7-22-24)11-4-3-5-14-12(11)6-23-25(14)10-16(27)20-8-15(26)21-9-17(28)29-2/h3-7H,8-10H2,1-2H3,(H,20,27)(H,21,26). The number of aromatic nitrogens is 4. The summed E-state index contributed by atoms with van der Waals surface area (Å²) in [6.07, 6.45) is 2.69. The maximum Gasteiger partial charge on any atom is 0.325 e. The number of amides is 2. The normalized spacial score (nSPS) is 10.7. The second-order valence-electron chi connectivity index (χ2n) is 6.13. The van der Waals surface area contributed by atoms with Gasteiger partial charge in [0.2, 0.25) is 11.8 Å². The Morgan fingerprint density at radius 3 is 2.55 bits per heavy atom. The molecule has 152 valence electrons. The molecule has 0 radical (unpaired) electrons. The minimum absolute atomic E-state index is 0.134. The van der Waals surface area contributed by atoms with Gasteiger partial charge in [0.25, 0.3) is 0 Å². The van der Waals surface area contributed by atoms with E-state index in [1.54, 1.807) is 31.4 Å². The average molecular weight is 402 g/mol. The third-order valence-electron chi connectivity index (χ3n) is 4.23. The van der Waals surface area contributed by atoms with Crippen LogP contribution in [0.2, 0.25) is 0 Å². The molecule has 0 saturated heterocycles. The van der Waals surface area contributed by atoms with Gasteiger partial charge in [-0.15, -0.1) is 0 Å². The fourth-order valence-electron chi connectivity index (χ4n) is 2.83. The Kier molecular flexibility index (Phi) is 5.86. The summed E-state index contributed by atoms with van der Waals surface area (Å²) in [4.78, 5) is 34.8. The molecule has 0 aliphatic carbocycles. The topological polar surface area (TPSA) is 120 Å². The molecule has 2 aromatic heterocycles. The highest BCUT2D eigenvalue weighted by molar-refractivity contribution is 5.94. The molecule has 0 aliphatic heterocycles. The molecule has 3 aromatic rings. The van der Waals surface area contributed by atoms with Crippen molar-refractivity contribution in [1.29, 1.82) is 0 Å². The molecule has 0 unspecified atom stereocenters. The maximum atomic E-state index is 14.1. The molecule has 10 nitrogen and oxygen atoms in total. The molecule has 0 fully saturated rings. The van der Waals surface area contributed by atoms with Gasteiger partial charge < -0.3 is 15.4 Å². The number of hydrogen-bond acceptors (Lipinski definition) is 6. The number of nitrogens with one attached hydrogen (secondary N) is 2. The van der Waals surface area contributed by atoms with Gasteiger partial charge in [-0.3, -0.25) is 23.7 Å². The lowest BCUT2D eigenvalue weighted by molar-refractivity contribution is -0.141. The van der Waals surface area contributed by atoms with Crippen LogP contribution in [0.15, 0.2) is 30.6 Å². The number of halogens is 1. The summed E-state index contributed by atoms with van der Waals surface area (Å²) < 4.78 is 21.4. The predicted molar refractivity (Wildman–Crippen MR) is 99.9 cm³/mol. The van der Waals surface area contributed by atoms with Crippen molar-refractivity contribution in [1.82, 2.24) is 30.2 Å². The lowest BCUT2D eigenvalue weighted by Gasteiger charge is -2.08. The van der Waals surface area contributed by atoms with Crippen LogP contribution >= 0.6 is 0 Å². The Bertz CT molecular complexity index is 1050. The number of fused-ring (bicyclic) bond motifs is 1. The molecule has 11 heteroatoms. The van der Waals surface area contributed by atoms with E-state index < -0.39 is 23.6 Å². The van der Waals surface area contributed by atoms with Crippen molar-refractivity contribution >= 4 is 28.7 Å². The zero-order valence-corrected chi connectivity index (χ0v) is 15.8. The van der Waals surface area contributed by atoms with Crippen LogP contribution in [0.4, 0.5) is 4.39 Å². The number of aryl methyl sites for hydroxylation is 1. The van der Waals surface area contributed by atoms with E-state index >= 15 is 0 Å². The third-order valence-corrected chi connectivity index (χ3v) is 4.23. The Hall–Kier alpha value is -3.76. The number of ether oxygens (including phenoxy) is 1. The van der Waals surface area contributed by atoms with E-state index in [0.717, 1.165) is 6.20 Å². The molecule has 2 heterocycles. The van der Waals surface area contributed by atoms with E-state index in [1.165, 1.54) is 16.5 Å². The fourth-order valence-corrected chi connectivity index (χ4v) is 2.83. The Morgan fingerprint density at radius 1 is 1.10 bits per heavy atom. The molecule has 0 saturated carbocycles. The highest BCUT2D eigenvalue weighted by Crippen LogP contribution is 2.29. The first kappa shape index (κ1) is 20.0. The number of benzene rings is 1. The van der Waals surface area contributed by atoms with E-state index in [2.05, 4.69) is 25.6 Å². The first-order chi connectivity index (χ1) is 13.9. The second-order valence-corrected chi connectivity index (χ2v) is 6.13. The van der Waals surface area contributed by atoms with Gasteiger partial charge in [-0.25, -0.2) is 4.39 Å². The zero-order valence-electron chi connectivity index (χ0n) is 15.8. The van der Waals surface area contributed by atoms with Crippen LogP contribution in [0, 0.1) is 5.82 Å².